The third kappa shape index (κ3) is 2.41. The van der Waals surface area contributed by atoms with E-state index in [-0.39, 0.29) is 12.1 Å². The van der Waals surface area contributed by atoms with Crippen molar-refractivity contribution in [1.82, 2.24) is 0 Å². The molecule has 2 atom stereocenters. The highest BCUT2D eigenvalue weighted by Gasteiger charge is 2.28. The van der Waals surface area contributed by atoms with Crippen LogP contribution in [0.15, 0.2) is 30.3 Å². The van der Waals surface area contributed by atoms with Gasteiger partial charge < -0.3 is 15.2 Å². The lowest BCUT2D eigenvalue weighted by Crippen LogP contribution is -2.23. The second kappa shape index (κ2) is 5.46. The maximum absolute atomic E-state index is 6.29. The Labute approximate surface area is 123 Å². The summed E-state index contributed by atoms with van der Waals surface area (Å²) in [5.41, 5.74) is 7.35. The van der Waals surface area contributed by atoms with Crippen molar-refractivity contribution in [1.29, 1.82) is 0 Å². The van der Waals surface area contributed by atoms with Gasteiger partial charge in [-0.2, -0.15) is 0 Å². The maximum Gasteiger partial charge on any atom is 0.135 e. The lowest BCUT2D eigenvalue weighted by molar-refractivity contribution is 0.164. The lowest BCUT2D eigenvalue weighted by atomic mass is 9.96. The largest absolute Gasteiger partial charge is 0.497 e. The average Bonchev–Trinajstić information content (AvgIpc) is 2.95. The van der Waals surface area contributed by atoms with E-state index in [2.05, 4.69) is 19.1 Å². The highest BCUT2D eigenvalue weighted by Crippen LogP contribution is 2.42. The first-order valence-electron chi connectivity index (χ1n) is 6.90. The molecule has 2 N–H and O–H groups in total. The first kappa shape index (κ1) is 13.5. The van der Waals surface area contributed by atoms with Crippen LogP contribution >= 0.6 is 11.3 Å². The Kier molecular flexibility index (Phi) is 3.68. The number of hydrogen-bond donors (Lipinski definition) is 1. The zero-order valence-electron chi connectivity index (χ0n) is 11.8. The number of nitrogens with two attached hydrogens (primary N) is 1. The highest BCUT2D eigenvalue weighted by atomic mass is 32.1. The summed E-state index contributed by atoms with van der Waals surface area (Å²) in [6.45, 7) is 2.17. The molecule has 0 fully saturated rings. The molecule has 4 heteroatoms. The number of hydrogen-bond acceptors (Lipinski definition) is 4. The number of methoxy groups -OCH3 is 1. The van der Waals surface area contributed by atoms with Crippen LogP contribution in [-0.4, -0.2) is 7.11 Å². The lowest BCUT2D eigenvalue weighted by Gasteiger charge is -2.30. The summed E-state index contributed by atoms with van der Waals surface area (Å²) in [6.07, 6.45) is 1.94. The molecule has 20 heavy (non-hydrogen) atoms. The predicted octanol–water partition coefficient (Wildman–Crippen LogP) is 3.84. The Hall–Kier alpha value is -1.52. The number of ether oxygens (including phenoxy) is 2. The van der Waals surface area contributed by atoms with Gasteiger partial charge in [0.1, 0.15) is 17.6 Å². The second-order valence-electron chi connectivity index (χ2n) is 5.01. The molecule has 0 saturated carbocycles. The molecule has 0 saturated heterocycles. The van der Waals surface area contributed by atoms with E-state index in [9.17, 15) is 0 Å². The van der Waals surface area contributed by atoms with Crippen molar-refractivity contribution in [2.24, 2.45) is 5.73 Å². The molecular formula is C16H19NO2S. The summed E-state index contributed by atoms with van der Waals surface area (Å²) in [4.78, 5) is 2.64. The smallest absolute Gasteiger partial charge is 0.135 e. The van der Waals surface area contributed by atoms with E-state index in [1.807, 2.05) is 29.5 Å². The van der Waals surface area contributed by atoms with Crippen LogP contribution in [0.1, 0.15) is 40.8 Å². The van der Waals surface area contributed by atoms with Gasteiger partial charge in [0.25, 0.3) is 0 Å². The minimum Gasteiger partial charge on any atom is -0.497 e. The minimum absolute atomic E-state index is 0.0156. The van der Waals surface area contributed by atoms with Gasteiger partial charge in [0.15, 0.2) is 0 Å². The maximum atomic E-state index is 6.29. The van der Waals surface area contributed by atoms with E-state index in [0.717, 1.165) is 29.9 Å². The standard InChI is InChI=1S/C16H19NO2S/c1-3-11-5-7-16(20-11)15-9-13(17)12-6-4-10(18-2)8-14(12)19-15/h4-8,13,15H,3,9,17H2,1-2H3. The van der Waals surface area contributed by atoms with Gasteiger partial charge in [-0.05, 0) is 24.6 Å². The highest BCUT2D eigenvalue weighted by molar-refractivity contribution is 7.12. The second-order valence-corrected chi connectivity index (χ2v) is 6.21. The van der Waals surface area contributed by atoms with Crippen molar-refractivity contribution in [3.8, 4) is 11.5 Å². The van der Waals surface area contributed by atoms with Crippen molar-refractivity contribution < 1.29 is 9.47 Å². The molecule has 0 radical (unpaired) electrons. The summed E-state index contributed by atoms with van der Waals surface area (Å²) in [5.74, 6) is 1.65. The normalized spacial score (nSPS) is 21.1. The summed E-state index contributed by atoms with van der Waals surface area (Å²) >= 11 is 1.81. The fourth-order valence-electron chi connectivity index (χ4n) is 2.54. The van der Waals surface area contributed by atoms with E-state index in [4.69, 9.17) is 15.2 Å². The van der Waals surface area contributed by atoms with Crippen LogP contribution in [0.2, 0.25) is 0 Å². The predicted molar refractivity (Wildman–Crippen MR) is 81.6 cm³/mol. The topological polar surface area (TPSA) is 44.5 Å². The Balaban J connectivity index is 1.90. The summed E-state index contributed by atoms with van der Waals surface area (Å²) in [7, 11) is 1.66. The van der Waals surface area contributed by atoms with Gasteiger partial charge in [0.05, 0.1) is 7.11 Å². The fourth-order valence-corrected chi connectivity index (χ4v) is 3.54. The number of benzene rings is 1. The molecule has 3 rings (SSSR count). The molecule has 0 spiro atoms. The van der Waals surface area contributed by atoms with Gasteiger partial charge in [0.2, 0.25) is 0 Å². The van der Waals surface area contributed by atoms with E-state index in [1.165, 1.54) is 9.75 Å². The SMILES string of the molecule is CCc1ccc(C2CC(N)c3ccc(OC)cc3O2)s1. The van der Waals surface area contributed by atoms with Gasteiger partial charge in [-0.1, -0.05) is 13.0 Å². The first-order valence-corrected chi connectivity index (χ1v) is 7.71. The quantitative estimate of drug-likeness (QED) is 0.933. The van der Waals surface area contributed by atoms with Gasteiger partial charge >= 0.3 is 0 Å². The van der Waals surface area contributed by atoms with Crippen LogP contribution in [0.5, 0.6) is 11.5 Å². The number of aryl methyl sites for hydroxylation is 1. The summed E-state index contributed by atoms with van der Waals surface area (Å²) < 4.78 is 11.4. The Morgan fingerprint density at radius 2 is 2.20 bits per heavy atom. The van der Waals surface area contributed by atoms with Crippen molar-refractivity contribution in [3.63, 3.8) is 0 Å². The summed E-state index contributed by atoms with van der Waals surface area (Å²) in [5, 5.41) is 0. The van der Waals surface area contributed by atoms with E-state index >= 15 is 0 Å². The molecule has 3 nitrogen and oxygen atoms in total. The third-order valence-corrected chi connectivity index (χ3v) is 5.03. The molecule has 106 valence electrons. The summed E-state index contributed by atoms with van der Waals surface area (Å²) in [6, 6.07) is 10.2. The average molecular weight is 289 g/mol. The van der Waals surface area contributed by atoms with Gasteiger partial charge in [-0.3, -0.25) is 0 Å². The molecule has 2 unspecified atom stereocenters. The number of fused-ring (bicyclic) bond motifs is 1. The van der Waals surface area contributed by atoms with E-state index < -0.39 is 0 Å². The van der Waals surface area contributed by atoms with Crippen LogP contribution in [-0.2, 0) is 6.42 Å². The van der Waals surface area contributed by atoms with Crippen molar-refractivity contribution in [2.45, 2.75) is 31.9 Å². The molecule has 1 aromatic carbocycles. The molecule has 1 aromatic heterocycles. The Morgan fingerprint density at radius 1 is 1.35 bits per heavy atom. The fraction of sp³-hybridized carbons (Fsp3) is 0.375. The zero-order valence-corrected chi connectivity index (χ0v) is 12.6. The van der Waals surface area contributed by atoms with E-state index in [1.54, 1.807) is 7.11 Å². The van der Waals surface area contributed by atoms with Crippen molar-refractivity contribution in [2.75, 3.05) is 7.11 Å². The number of thiophene rings is 1. The molecule has 2 heterocycles. The van der Waals surface area contributed by atoms with Crippen LogP contribution < -0.4 is 15.2 Å². The molecule has 2 aromatic rings. The van der Waals surface area contributed by atoms with E-state index in [0.29, 0.717) is 0 Å². The van der Waals surface area contributed by atoms with Crippen molar-refractivity contribution >= 4 is 11.3 Å². The number of rotatable bonds is 3. The van der Waals surface area contributed by atoms with Crippen LogP contribution in [0.25, 0.3) is 0 Å². The third-order valence-electron chi connectivity index (χ3n) is 3.71. The molecule has 0 aliphatic carbocycles. The Bertz CT molecular complexity index is 608. The molecular weight excluding hydrogens is 270 g/mol. The first-order chi connectivity index (χ1) is 9.71. The van der Waals surface area contributed by atoms with Crippen LogP contribution in [0, 0.1) is 0 Å². The van der Waals surface area contributed by atoms with Crippen LogP contribution in [0.3, 0.4) is 0 Å². The minimum atomic E-state index is 0.0156. The Morgan fingerprint density at radius 3 is 2.90 bits per heavy atom. The zero-order chi connectivity index (χ0) is 14.1. The van der Waals surface area contributed by atoms with Crippen molar-refractivity contribution in [3.05, 3.63) is 45.6 Å². The monoisotopic (exact) mass is 289 g/mol. The molecule has 0 bridgehead atoms. The van der Waals surface area contributed by atoms with Crippen LogP contribution in [0.4, 0.5) is 0 Å². The van der Waals surface area contributed by atoms with Gasteiger partial charge in [-0.25, -0.2) is 0 Å². The van der Waals surface area contributed by atoms with Gasteiger partial charge in [-0.15, -0.1) is 11.3 Å². The molecule has 1 aliphatic heterocycles. The molecule has 0 amide bonds. The van der Waals surface area contributed by atoms with Gasteiger partial charge in [0, 0.05) is 33.8 Å². The molecule has 1 aliphatic rings.